The Morgan fingerprint density at radius 2 is 2.33 bits per heavy atom. The molecular formula is C7H7N5. The molecule has 12 heavy (non-hydrogen) atoms. The van der Waals surface area contributed by atoms with Crippen molar-refractivity contribution in [2.24, 2.45) is 0 Å². The van der Waals surface area contributed by atoms with Crippen molar-refractivity contribution < 1.29 is 4.11 Å². The summed E-state index contributed by atoms with van der Waals surface area (Å²) in [5.41, 5.74) is 5.35. The molecule has 0 aliphatic heterocycles. The Morgan fingerprint density at radius 1 is 1.42 bits per heavy atom. The van der Waals surface area contributed by atoms with Crippen LogP contribution in [-0.4, -0.2) is 20.0 Å². The Labute approximate surface area is 73.1 Å². The van der Waals surface area contributed by atoms with Gasteiger partial charge in [0.2, 0.25) is 0 Å². The average Bonchev–Trinajstić information content (AvgIpc) is 2.47. The van der Waals surface area contributed by atoms with Crippen LogP contribution in [-0.2, 0) is 0 Å². The summed E-state index contributed by atoms with van der Waals surface area (Å²) in [6.45, 7) is 0. The summed E-state index contributed by atoms with van der Waals surface area (Å²) >= 11 is 0. The second-order valence-corrected chi connectivity index (χ2v) is 2.08. The molecule has 0 aliphatic rings. The number of nitrogen functional groups attached to an aromatic ring is 1. The quantitative estimate of drug-likeness (QED) is 0.655. The van der Waals surface area contributed by atoms with E-state index >= 15 is 0 Å². The fraction of sp³-hybridized carbons (Fsp3) is 0. The average molecular weight is 164 g/mol. The van der Waals surface area contributed by atoms with E-state index in [2.05, 4.69) is 15.3 Å². The van der Waals surface area contributed by atoms with Gasteiger partial charge in [0.25, 0.3) is 0 Å². The van der Waals surface area contributed by atoms with Crippen LogP contribution in [0.25, 0.3) is 5.82 Å². The summed E-state index contributed by atoms with van der Waals surface area (Å²) in [6, 6.07) is 2.79. The van der Waals surface area contributed by atoms with Gasteiger partial charge in [-0.25, -0.2) is 4.68 Å². The first kappa shape index (κ1) is 4.20. The van der Waals surface area contributed by atoms with Crippen molar-refractivity contribution in [3.8, 4) is 5.82 Å². The van der Waals surface area contributed by atoms with Crippen LogP contribution in [0.3, 0.4) is 0 Å². The zero-order valence-electron chi connectivity index (χ0n) is 9.02. The summed E-state index contributed by atoms with van der Waals surface area (Å²) in [4.78, 5) is 0. The van der Waals surface area contributed by atoms with E-state index in [4.69, 9.17) is 9.85 Å². The molecule has 60 valence electrons. The molecule has 2 heterocycles. The lowest BCUT2D eigenvalue weighted by Gasteiger charge is -1.97. The lowest BCUT2D eigenvalue weighted by atomic mass is 10.5. The molecule has 0 unspecified atom stereocenters. The number of hydrogen-bond acceptors (Lipinski definition) is 4. The molecule has 2 N–H and O–H groups in total. The first-order valence-corrected chi connectivity index (χ1v) is 3.22. The molecule has 0 amide bonds. The van der Waals surface area contributed by atoms with E-state index in [1.807, 2.05) is 0 Å². The molecule has 5 heteroatoms. The summed E-state index contributed by atoms with van der Waals surface area (Å²) < 4.78 is 23.2. The first-order valence-electron chi connectivity index (χ1n) is 4.72. The maximum absolute atomic E-state index is 7.50. The normalized spacial score (nSPS) is 13.5. The van der Waals surface area contributed by atoms with Crippen molar-refractivity contribution in [1.82, 2.24) is 20.0 Å². The first-order chi connectivity index (χ1) is 7.09. The standard InChI is InChI=1S/C7H7N5/c8-6-2-3-7(11-10-6)12-5-1-4-9-12/h1-5H,(H2,8,10)/i1D,4D,5D. The van der Waals surface area contributed by atoms with E-state index < -0.39 is 0 Å². The van der Waals surface area contributed by atoms with Gasteiger partial charge in [-0.1, -0.05) is 0 Å². The smallest absolute Gasteiger partial charge is 0.175 e. The van der Waals surface area contributed by atoms with Gasteiger partial charge in [0.15, 0.2) is 5.82 Å². The third kappa shape index (κ3) is 1.12. The Kier molecular flexibility index (Phi) is 0.914. The van der Waals surface area contributed by atoms with Crippen LogP contribution in [0, 0.1) is 0 Å². The van der Waals surface area contributed by atoms with Gasteiger partial charge in [-0.15, -0.1) is 10.2 Å². The molecule has 2 rings (SSSR count). The number of nitrogens with zero attached hydrogens (tertiary/aromatic N) is 4. The van der Waals surface area contributed by atoms with Gasteiger partial charge in [0.1, 0.15) is 5.82 Å². The van der Waals surface area contributed by atoms with Crippen LogP contribution < -0.4 is 5.73 Å². The molecule has 0 spiro atoms. The SMILES string of the molecule is [2H]c1nn(-c2ccc(N)nn2)c([2H])c1[2H]. The Hall–Kier alpha value is -1.91. The number of anilines is 1. The molecule has 0 saturated carbocycles. The summed E-state index contributed by atoms with van der Waals surface area (Å²) in [5, 5.41) is 11.0. The third-order valence-electron chi connectivity index (χ3n) is 1.26. The Morgan fingerprint density at radius 3 is 2.92 bits per heavy atom. The van der Waals surface area contributed by atoms with Gasteiger partial charge in [-0.05, 0) is 18.2 Å². The molecule has 0 aliphatic carbocycles. The van der Waals surface area contributed by atoms with Crippen LogP contribution >= 0.6 is 0 Å². The lowest BCUT2D eigenvalue weighted by molar-refractivity contribution is 0.817. The molecule has 5 nitrogen and oxygen atoms in total. The van der Waals surface area contributed by atoms with Gasteiger partial charge in [-0.2, -0.15) is 5.10 Å². The van der Waals surface area contributed by atoms with E-state index in [0.717, 1.165) is 4.68 Å². The summed E-state index contributed by atoms with van der Waals surface area (Å²) in [6.07, 6.45) is -0.460. The molecule has 0 bridgehead atoms. The summed E-state index contributed by atoms with van der Waals surface area (Å²) in [7, 11) is 0. The molecule has 0 atom stereocenters. The predicted molar refractivity (Wildman–Crippen MR) is 43.6 cm³/mol. The van der Waals surface area contributed by atoms with Gasteiger partial charge >= 0.3 is 0 Å². The van der Waals surface area contributed by atoms with Gasteiger partial charge in [0, 0.05) is 12.3 Å². The predicted octanol–water partition coefficient (Wildman–Crippen LogP) is 0.244. The number of aromatic nitrogens is 4. The third-order valence-corrected chi connectivity index (χ3v) is 1.26. The molecule has 0 radical (unpaired) electrons. The number of rotatable bonds is 1. The van der Waals surface area contributed by atoms with Crippen molar-refractivity contribution in [2.45, 2.75) is 0 Å². The molecule has 2 aromatic heterocycles. The molecule has 0 saturated heterocycles. The fourth-order valence-electron chi connectivity index (χ4n) is 0.735. The largest absolute Gasteiger partial charge is 0.382 e. The van der Waals surface area contributed by atoms with E-state index in [9.17, 15) is 0 Å². The monoisotopic (exact) mass is 164 g/mol. The zero-order valence-corrected chi connectivity index (χ0v) is 6.02. The van der Waals surface area contributed by atoms with E-state index in [1.165, 1.54) is 12.1 Å². The van der Waals surface area contributed by atoms with Gasteiger partial charge in [-0.3, -0.25) is 0 Å². The van der Waals surface area contributed by atoms with E-state index in [0.29, 0.717) is 0 Å². The van der Waals surface area contributed by atoms with E-state index in [-0.39, 0.29) is 30.0 Å². The minimum Gasteiger partial charge on any atom is -0.382 e. The minimum absolute atomic E-state index is 0.195. The minimum atomic E-state index is -0.265. The molecule has 0 aromatic carbocycles. The Bertz CT molecular complexity index is 492. The highest BCUT2D eigenvalue weighted by molar-refractivity contribution is 5.30. The van der Waals surface area contributed by atoms with Crippen molar-refractivity contribution in [1.29, 1.82) is 0 Å². The van der Waals surface area contributed by atoms with Crippen molar-refractivity contribution >= 4 is 5.82 Å². The van der Waals surface area contributed by atoms with Crippen LogP contribution in [0.1, 0.15) is 4.11 Å². The summed E-state index contributed by atoms with van der Waals surface area (Å²) in [5.74, 6) is 0.524. The van der Waals surface area contributed by atoms with Crippen molar-refractivity contribution in [3.63, 3.8) is 0 Å². The Balaban J connectivity index is 2.54. The highest BCUT2D eigenvalue weighted by Crippen LogP contribution is 2.01. The van der Waals surface area contributed by atoms with Crippen LogP contribution in [0.15, 0.2) is 30.5 Å². The topological polar surface area (TPSA) is 69.6 Å². The van der Waals surface area contributed by atoms with Crippen LogP contribution in [0.5, 0.6) is 0 Å². The van der Waals surface area contributed by atoms with Crippen LogP contribution in [0.4, 0.5) is 5.82 Å². The number of nitrogens with two attached hydrogens (primary N) is 1. The maximum atomic E-state index is 7.50. The van der Waals surface area contributed by atoms with Crippen molar-refractivity contribution in [3.05, 3.63) is 30.5 Å². The van der Waals surface area contributed by atoms with E-state index in [1.54, 1.807) is 0 Å². The van der Waals surface area contributed by atoms with Gasteiger partial charge < -0.3 is 5.73 Å². The number of hydrogen-bond donors (Lipinski definition) is 1. The molecule has 0 fully saturated rings. The van der Waals surface area contributed by atoms with Crippen molar-refractivity contribution in [2.75, 3.05) is 5.73 Å². The highest BCUT2D eigenvalue weighted by Gasteiger charge is 1.96. The highest BCUT2D eigenvalue weighted by atomic mass is 15.3. The van der Waals surface area contributed by atoms with Gasteiger partial charge in [0.05, 0.1) is 4.11 Å². The zero-order chi connectivity index (χ0) is 11.0. The molecular weight excluding hydrogens is 154 g/mol. The maximum Gasteiger partial charge on any atom is 0.175 e. The fourth-order valence-corrected chi connectivity index (χ4v) is 0.735. The second-order valence-electron chi connectivity index (χ2n) is 2.08. The van der Waals surface area contributed by atoms with Crippen LogP contribution in [0.2, 0.25) is 0 Å². The molecule has 2 aromatic rings. The lowest BCUT2D eigenvalue weighted by Crippen LogP contribution is -2.01. The second kappa shape index (κ2) is 2.61.